The Labute approximate surface area is 105 Å². The molecule has 0 bridgehead atoms. The van der Waals surface area contributed by atoms with Crippen LogP contribution in [0.4, 0.5) is 5.82 Å². The maximum absolute atomic E-state index is 8.64. The van der Waals surface area contributed by atoms with Crippen molar-refractivity contribution in [3.05, 3.63) is 35.1 Å². The summed E-state index contributed by atoms with van der Waals surface area (Å²) >= 11 is 0. The molecule has 18 heavy (non-hydrogen) atoms. The highest BCUT2D eigenvalue weighted by Crippen LogP contribution is 2.23. The first kappa shape index (κ1) is 12.0. The van der Waals surface area contributed by atoms with Gasteiger partial charge in [0, 0.05) is 5.56 Å². The van der Waals surface area contributed by atoms with E-state index in [1.165, 1.54) is 12.4 Å². The Morgan fingerprint density at radius 3 is 2.61 bits per heavy atom. The molecule has 2 heterocycles. The van der Waals surface area contributed by atoms with Gasteiger partial charge >= 0.3 is 0 Å². The zero-order chi connectivity index (χ0) is 13.1. The van der Waals surface area contributed by atoms with Gasteiger partial charge < -0.3 is 9.84 Å². The molecule has 0 saturated carbocycles. The van der Waals surface area contributed by atoms with Gasteiger partial charge in [0.2, 0.25) is 0 Å². The molecule has 0 aromatic carbocycles. The minimum Gasteiger partial charge on any atom is -0.362 e. The fourth-order valence-corrected chi connectivity index (χ4v) is 1.86. The first-order valence-electron chi connectivity index (χ1n) is 5.53. The van der Waals surface area contributed by atoms with Crippen molar-refractivity contribution >= 4 is 5.82 Å². The molecule has 0 radical (unpaired) electrons. The van der Waals surface area contributed by atoms with Crippen LogP contribution in [0.3, 0.4) is 0 Å². The van der Waals surface area contributed by atoms with Crippen molar-refractivity contribution in [2.24, 2.45) is 0 Å². The van der Waals surface area contributed by atoms with Crippen LogP contribution in [0.15, 0.2) is 16.9 Å². The second-order valence-electron chi connectivity index (χ2n) is 4.00. The molecule has 1 atom stereocenters. The van der Waals surface area contributed by atoms with E-state index in [1.54, 1.807) is 0 Å². The van der Waals surface area contributed by atoms with Gasteiger partial charge in [-0.05, 0) is 20.8 Å². The molecule has 1 N–H and O–H groups in total. The fraction of sp³-hybridized carbons (Fsp3) is 0.333. The van der Waals surface area contributed by atoms with Crippen LogP contribution in [0.25, 0.3) is 0 Å². The Morgan fingerprint density at radius 1 is 1.33 bits per heavy atom. The molecule has 2 aromatic rings. The molecule has 0 saturated heterocycles. The van der Waals surface area contributed by atoms with E-state index in [1.807, 2.05) is 26.8 Å². The Balaban J connectivity index is 2.16. The number of nitriles is 1. The molecule has 0 spiro atoms. The number of aryl methyl sites for hydroxylation is 2. The van der Waals surface area contributed by atoms with Crippen LogP contribution in [0, 0.1) is 25.2 Å². The second-order valence-corrected chi connectivity index (χ2v) is 4.00. The quantitative estimate of drug-likeness (QED) is 0.888. The summed E-state index contributed by atoms with van der Waals surface area (Å²) in [7, 11) is 0. The zero-order valence-corrected chi connectivity index (χ0v) is 10.4. The summed E-state index contributed by atoms with van der Waals surface area (Å²) in [6.45, 7) is 5.76. The molecule has 6 heteroatoms. The molecule has 92 valence electrons. The molecule has 0 aliphatic heterocycles. The third kappa shape index (κ3) is 2.30. The first-order valence-corrected chi connectivity index (χ1v) is 5.53. The molecule has 2 rings (SSSR count). The number of rotatable bonds is 3. The van der Waals surface area contributed by atoms with Crippen molar-refractivity contribution in [3.63, 3.8) is 0 Å². The first-order chi connectivity index (χ1) is 8.61. The van der Waals surface area contributed by atoms with Crippen molar-refractivity contribution in [2.75, 3.05) is 5.32 Å². The number of hydrogen-bond acceptors (Lipinski definition) is 6. The van der Waals surface area contributed by atoms with Crippen LogP contribution in [0.1, 0.15) is 35.7 Å². The van der Waals surface area contributed by atoms with Crippen LogP contribution in [-0.2, 0) is 0 Å². The van der Waals surface area contributed by atoms with E-state index < -0.39 is 0 Å². The minimum absolute atomic E-state index is 0.0125. The number of hydrogen-bond donors (Lipinski definition) is 1. The normalized spacial score (nSPS) is 11.9. The summed E-state index contributed by atoms with van der Waals surface area (Å²) < 4.78 is 5.12. The Kier molecular flexibility index (Phi) is 3.24. The molecule has 0 aliphatic carbocycles. The van der Waals surface area contributed by atoms with Gasteiger partial charge in [-0.3, -0.25) is 0 Å². The minimum atomic E-state index is 0.0125. The Morgan fingerprint density at radius 2 is 2.11 bits per heavy atom. The summed E-state index contributed by atoms with van der Waals surface area (Å²) in [5.74, 6) is 1.40. The van der Waals surface area contributed by atoms with Gasteiger partial charge in [0.05, 0.1) is 24.1 Å². The van der Waals surface area contributed by atoms with Crippen molar-refractivity contribution < 1.29 is 4.52 Å². The summed E-state index contributed by atoms with van der Waals surface area (Å²) in [5, 5.41) is 15.7. The van der Waals surface area contributed by atoms with E-state index >= 15 is 0 Å². The molecule has 0 amide bonds. The van der Waals surface area contributed by atoms with Gasteiger partial charge in [0.15, 0.2) is 5.69 Å². The summed E-state index contributed by atoms with van der Waals surface area (Å²) in [6, 6.07) is 1.94. The van der Waals surface area contributed by atoms with E-state index in [0.29, 0.717) is 11.5 Å². The van der Waals surface area contributed by atoms with Crippen LogP contribution >= 0.6 is 0 Å². The lowest BCUT2D eigenvalue weighted by Gasteiger charge is -2.13. The highest BCUT2D eigenvalue weighted by atomic mass is 16.5. The maximum atomic E-state index is 8.64. The van der Waals surface area contributed by atoms with Crippen molar-refractivity contribution in [1.29, 1.82) is 5.26 Å². The molecule has 0 aliphatic rings. The van der Waals surface area contributed by atoms with E-state index in [2.05, 4.69) is 20.4 Å². The lowest BCUT2D eigenvalue weighted by Crippen LogP contribution is -2.10. The average molecular weight is 243 g/mol. The smallest absolute Gasteiger partial charge is 0.158 e. The van der Waals surface area contributed by atoms with Crippen molar-refractivity contribution in [1.82, 2.24) is 15.1 Å². The molecular weight excluding hydrogens is 230 g/mol. The molecule has 6 nitrogen and oxygen atoms in total. The monoisotopic (exact) mass is 243 g/mol. The van der Waals surface area contributed by atoms with Crippen LogP contribution < -0.4 is 5.32 Å². The lowest BCUT2D eigenvalue weighted by molar-refractivity contribution is 0.392. The van der Waals surface area contributed by atoms with Gasteiger partial charge in [-0.2, -0.15) is 5.26 Å². The van der Waals surface area contributed by atoms with Gasteiger partial charge in [0.1, 0.15) is 17.6 Å². The standard InChI is InChI=1S/C12H13N5O/c1-7(12-8(2)17-18-9(12)3)16-11-6-14-10(4-13)5-15-11/h5-7H,1-3H3,(H,15,16). The summed E-state index contributed by atoms with van der Waals surface area (Å²) in [6.07, 6.45) is 2.97. The maximum Gasteiger partial charge on any atom is 0.158 e. The number of aromatic nitrogens is 3. The second kappa shape index (κ2) is 4.84. The number of nitrogens with one attached hydrogen (secondary N) is 1. The van der Waals surface area contributed by atoms with Gasteiger partial charge in [0.25, 0.3) is 0 Å². The van der Waals surface area contributed by atoms with Gasteiger partial charge in [-0.15, -0.1) is 0 Å². The average Bonchev–Trinajstić information content (AvgIpc) is 2.70. The van der Waals surface area contributed by atoms with Gasteiger partial charge in [-0.1, -0.05) is 5.16 Å². The van der Waals surface area contributed by atoms with E-state index in [9.17, 15) is 0 Å². The predicted molar refractivity (Wildman–Crippen MR) is 64.8 cm³/mol. The molecule has 0 fully saturated rings. The lowest BCUT2D eigenvalue weighted by atomic mass is 10.1. The van der Waals surface area contributed by atoms with Crippen molar-refractivity contribution in [3.8, 4) is 6.07 Å². The number of anilines is 1. The predicted octanol–water partition coefficient (Wildman–Crippen LogP) is 2.13. The van der Waals surface area contributed by atoms with Crippen molar-refractivity contribution in [2.45, 2.75) is 26.8 Å². The highest BCUT2D eigenvalue weighted by Gasteiger charge is 2.16. The topological polar surface area (TPSA) is 87.6 Å². The van der Waals surface area contributed by atoms with Gasteiger partial charge in [-0.25, -0.2) is 9.97 Å². The SMILES string of the molecule is Cc1noc(C)c1C(C)Nc1cnc(C#N)cn1. The zero-order valence-electron chi connectivity index (χ0n) is 10.4. The van der Waals surface area contributed by atoms with Crippen LogP contribution in [0.2, 0.25) is 0 Å². The Bertz CT molecular complexity index is 562. The van der Waals surface area contributed by atoms with Crippen LogP contribution in [0.5, 0.6) is 0 Å². The fourth-order valence-electron chi connectivity index (χ4n) is 1.86. The third-order valence-electron chi connectivity index (χ3n) is 2.65. The van der Waals surface area contributed by atoms with E-state index in [-0.39, 0.29) is 6.04 Å². The molecular formula is C12H13N5O. The summed E-state index contributed by atoms with van der Waals surface area (Å²) in [5.41, 5.74) is 2.17. The summed E-state index contributed by atoms with van der Waals surface area (Å²) in [4.78, 5) is 8.06. The highest BCUT2D eigenvalue weighted by molar-refractivity contribution is 5.38. The largest absolute Gasteiger partial charge is 0.362 e. The molecule has 1 unspecified atom stereocenters. The van der Waals surface area contributed by atoms with E-state index in [4.69, 9.17) is 9.78 Å². The Hall–Kier alpha value is -2.42. The van der Waals surface area contributed by atoms with Crippen LogP contribution in [-0.4, -0.2) is 15.1 Å². The number of nitrogens with zero attached hydrogens (tertiary/aromatic N) is 4. The molecule has 2 aromatic heterocycles. The third-order valence-corrected chi connectivity index (χ3v) is 2.65. The van der Waals surface area contributed by atoms with E-state index in [0.717, 1.165) is 17.0 Å².